The lowest BCUT2D eigenvalue weighted by atomic mass is 9.59. The lowest BCUT2D eigenvalue weighted by Crippen LogP contribution is -2.46. The van der Waals surface area contributed by atoms with E-state index >= 15 is 0 Å². The number of unbranched alkanes of at least 4 members (excludes halogenated alkanes) is 1. The van der Waals surface area contributed by atoms with E-state index in [2.05, 4.69) is 4.90 Å². The van der Waals surface area contributed by atoms with Crippen molar-refractivity contribution in [2.24, 2.45) is 35.5 Å². The second-order valence-electron chi connectivity index (χ2n) is 10.9. The molecule has 5 nitrogen and oxygen atoms in total. The van der Waals surface area contributed by atoms with E-state index in [0.717, 1.165) is 51.4 Å². The predicted molar refractivity (Wildman–Crippen MR) is 128 cm³/mol. The third kappa shape index (κ3) is 4.35. The highest BCUT2D eigenvalue weighted by Crippen LogP contribution is 2.67. The first-order chi connectivity index (χ1) is 16.3. The quantitative estimate of drug-likeness (QED) is 0.422. The first-order valence-electron chi connectivity index (χ1n) is 12.8. The maximum absolute atomic E-state index is 13.1. The molecule has 4 saturated carbocycles. The lowest BCUT2D eigenvalue weighted by Gasteiger charge is -2.42. The van der Waals surface area contributed by atoms with Crippen molar-refractivity contribution < 1.29 is 22.8 Å². The van der Waals surface area contributed by atoms with Gasteiger partial charge in [-0.15, -0.1) is 12.4 Å². The molecule has 7 rings (SSSR count). The molecular weight excluding hydrogens is 479 g/mol. The number of nitrogens with zero attached hydrogens (tertiary/aromatic N) is 3. The number of carbonyl (C=O) groups excluding carboxylic acids is 2. The number of carbonyl (C=O) groups is 2. The number of fused-ring (bicyclic) bond motifs is 1. The Labute approximate surface area is 210 Å². The first-order valence-corrected chi connectivity index (χ1v) is 12.8. The van der Waals surface area contributed by atoms with E-state index < -0.39 is 11.7 Å². The van der Waals surface area contributed by atoms with Crippen molar-refractivity contribution in [2.45, 2.75) is 38.3 Å². The van der Waals surface area contributed by atoms with Crippen molar-refractivity contribution in [1.82, 2.24) is 9.80 Å². The summed E-state index contributed by atoms with van der Waals surface area (Å²) in [6.07, 6.45) is 0.900. The molecule has 6 fully saturated rings. The van der Waals surface area contributed by atoms with Gasteiger partial charge in [-0.2, -0.15) is 13.2 Å². The van der Waals surface area contributed by atoms with Crippen molar-refractivity contribution in [3.63, 3.8) is 0 Å². The van der Waals surface area contributed by atoms with Crippen LogP contribution in [-0.2, 0) is 15.8 Å². The summed E-state index contributed by atoms with van der Waals surface area (Å²) in [5.74, 6) is 2.48. The largest absolute Gasteiger partial charge is 0.416 e. The van der Waals surface area contributed by atoms with E-state index in [-0.39, 0.29) is 36.1 Å². The molecule has 2 aliphatic heterocycles. The number of piperazine rings is 1. The average Bonchev–Trinajstić information content (AvgIpc) is 3.62. The summed E-state index contributed by atoms with van der Waals surface area (Å²) in [5, 5.41) is 0. The molecule has 2 bridgehead atoms. The van der Waals surface area contributed by atoms with Crippen molar-refractivity contribution in [3.8, 4) is 0 Å². The minimum Gasteiger partial charge on any atom is -0.369 e. The van der Waals surface area contributed by atoms with Gasteiger partial charge >= 0.3 is 6.18 Å². The molecule has 35 heavy (non-hydrogen) atoms. The summed E-state index contributed by atoms with van der Waals surface area (Å²) in [6, 6.07) is 5.55. The van der Waals surface area contributed by atoms with Gasteiger partial charge in [-0.1, -0.05) is 6.07 Å². The molecule has 0 aromatic heterocycles. The number of likely N-dealkylation sites (tertiary alicyclic amines) is 1. The van der Waals surface area contributed by atoms with Gasteiger partial charge in [0.05, 0.1) is 17.4 Å². The molecule has 6 atom stereocenters. The average molecular weight is 512 g/mol. The Morgan fingerprint density at radius 1 is 0.829 bits per heavy atom. The molecule has 192 valence electrons. The van der Waals surface area contributed by atoms with Crippen molar-refractivity contribution in [2.75, 3.05) is 44.2 Å². The molecule has 0 N–H and O–H groups in total. The summed E-state index contributed by atoms with van der Waals surface area (Å²) in [5.41, 5.74) is 0.0110. The lowest BCUT2D eigenvalue weighted by molar-refractivity contribution is -0.140. The Hall–Kier alpha value is -1.80. The van der Waals surface area contributed by atoms with Crippen LogP contribution < -0.4 is 4.90 Å². The van der Waals surface area contributed by atoms with Crippen LogP contribution in [0.2, 0.25) is 0 Å². The fourth-order valence-corrected chi connectivity index (χ4v) is 7.53. The number of benzene rings is 1. The Bertz CT molecular complexity index is 947. The van der Waals surface area contributed by atoms with Gasteiger partial charge in [0.1, 0.15) is 0 Å². The molecular formula is C26H33ClF3N3O2. The minimum absolute atomic E-state index is 0. The molecule has 2 heterocycles. The zero-order valence-corrected chi connectivity index (χ0v) is 20.6. The number of rotatable bonds is 6. The highest BCUT2D eigenvalue weighted by molar-refractivity contribution is 6.05. The normalized spacial score (nSPS) is 34.0. The second kappa shape index (κ2) is 9.25. The summed E-state index contributed by atoms with van der Waals surface area (Å²) in [4.78, 5) is 32.1. The van der Waals surface area contributed by atoms with Gasteiger partial charge in [0.2, 0.25) is 11.8 Å². The Balaban J connectivity index is 0.00000253. The first kappa shape index (κ1) is 24.9. The highest BCUT2D eigenvalue weighted by atomic mass is 35.5. The number of halogens is 4. The number of hydrogen-bond donors (Lipinski definition) is 0. The van der Waals surface area contributed by atoms with Crippen LogP contribution in [0, 0.1) is 35.5 Å². The molecule has 1 aromatic rings. The van der Waals surface area contributed by atoms with Gasteiger partial charge in [0.25, 0.3) is 0 Å². The Morgan fingerprint density at radius 2 is 1.43 bits per heavy atom. The Kier molecular flexibility index (Phi) is 6.58. The SMILES string of the molecule is Cl.O=C1C2C3CCC(C4CC43)C2C(=O)N1CCCCN1CCN(c2cccc(C(F)(F)F)c2)CC1. The fraction of sp³-hybridized carbons (Fsp3) is 0.692. The molecule has 2 saturated heterocycles. The van der Waals surface area contributed by atoms with Crippen LogP contribution in [0.4, 0.5) is 18.9 Å². The van der Waals surface area contributed by atoms with Crippen LogP contribution >= 0.6 is 12.4 Å². The number of alkyl halides is 3. The Morgan fingerprint density at radius 3 is 2.03 bits per heavy atom. The molecule has 9 heteroatoms. The van der Waals surface area contributed by atoms with Crippen LogP contribution in [0.15, 0.2) is 24.3 Å². The van der Waals surface area contributed by atoms with Gasteiger partial charge in [-0.25, -0.2) is 0 Å². The van der Waals surface area contributed by atoms with E-state index in [9.17, 15) is 22.8 Å². The summed E-state index contributed by atoms with van der Waals surface area (Å²) in [7, 11) is 0. The van der Waals surface area contributed by atoms with Crippen LogP contribution in [0.5, 0.6) is 0 Å². The van der Waals surface area contributed by atoms with Crippen LogP contribution in [0.3, 0.4) is 0 Å². The molecule has 6 aliphatic rings. The topological polar surface area (TPSA) is 43.9 Å². The number of imide groups is 1. The minimum atomic E-state index is -4.33. The number of anilines is 1. The molecule has 6 unspecified atom stereocenters. The third-order valence-corrected chi connectivity index (χ3v) is 9.25. The summed E-state index contributed by atoms with van der Waals surface area (Å²) < 4.78 is 39.0. The van der Waals surface area contributed by atoms with Crippen LogP contribution in [0.25, 0.3) is 0 Å². The predicted octanol–water partition coefficient (Wildman–Crippen LogP) is 4.31. The van der Waals surface area contributed by atoms with Gasteiger partial charge in [-0.3, -0.25) is 19.4 Å². The molecule has 2 amide bonds. The maximum Gasteiger partial charge on any atom is 0.416 e. The standard InChI is InChI=1S/C26H32F3N3O2.ClH/c27-26(28,29)16-4-3-5-17(14-16)31-12-10-30(11-13-31)8-1-2-9-32-24(33)22-18-6-7-19(21-15-20(18)21)23(22)25(32)34;/h3-5,14,18-23H,1-2,6-13,15H2;1H. The van der Waals surface area contributed by atoms with E-state index in [0.29, 0.717) is 49.0 Å². The monoisotopic (exact) mass is 511 g/mol. The smallest absolute Gasteiger partial charge is 0.369 e. The van der Waals surface area contributed by atoms with Gasteiger partial charge in [-0.05, 0) is 80.5 Å². The third-order valence-electron chi connectivity index (χ3n) is 9.25. The molecule has 0 spiro atoms. The maximum atomic E-state index is 13.1. The summed E-state index contributed by atoms with van der Waals surface area (Å²) in [6.45, 7) is 4.40. The zero-order chi connectivity index (χ0) is 23.6. The van der Waals surface area contributed by atoms with Crippen LogP contribution in [-0.4, -0.2) is 60.9 Å². The second-order valence-corrected chi connectivity index (χ2v) is 10.9. The van der Waals surface area contributed by atoms with Crippen molar-refractivity contribution in [3.05, 3.63) is 29.8 Å². The molecule has 0 radical (unpaired) electrons. The van der Waals surface area contributed by atoms with Gasteiger partial charge in [0, 0.05) is 38.4 Å². The van der Waals surface area contributed by atoms with Crippen LogP contribution in [0.1, 0.15) is 37.7 Å². The van der Waals surface area contributed by atoms with Crippen molar-refractivity contribution in [1.29, 1.82) is 0 Å². The van der Waals surface area contributed by atoms with E-state index in [4.69, 9.17) is 0 Å². The van der Waals surface area contributed by atoms with E-state index in [1.165, 1.54) is 18.6 Å². The highest BCUT2D eigenvalue weighted by Gasteiger charge is 2.68. The van der Waals surface area contributed by atoms with E-state index in [1.807, 2.05) is 4.90 Å². The molecule has 1 aromatic carbocycles. The van der Waals surface area contributed by atoms with Gasteiger partial charge < -0.3 is 4.90 Å². The summed E-state index contributed by atoms with van der Waals surface area (Å²) >= 11 is 0. The number of hydrogen-bond acceptors (Lipinski definition) is 4. The fourth-order valence-electron chi connectivity index (χ4n) is 7.53. The van der Waals surface area contributed by atoms with Crippen molar-refractivity contribution >= 4 is 29.9 Å². The molecule has 4 aliphatic carbocycles. The number of amides is 2. The zero-order valence-electron chi connectivity index (χ0n) is 19.8. The van der Waals surface area contributed by atoms with Gasteiger partial charge in [0.15, 0.2) is 0 Å². The van der Waals surface area contributed by atoms with E-state index in [1.54, 1.807) is 11.0 Å².